The third kappa shape index (κ3) is 10.8. The second-order valence-electron chi connectivity index (χ2n) is 14.1. The molecule has 0 spiro atoms. The average Bonchev–Trinajstić information content (AvgIpc) is 3.01. The van der Waals surface area contributed by atoms with Crippen molar-refractivity contribution in [2.24, 2.45) is 5.41 Å². The van der Waals surface area contributed by atoms with Crippen molar-refractivity contribution in [2.45, 2.75) is 97.4 Å². The molecule has 0 radical (unpaired) electrons. The molecule has 0 fully saturated rings. The summed E-state index contributed by atoms with van der Waals surface area (Å²) >= 11 is 0. The van der Waals surface area contributed by atoms with Crippen LogP contribution < -0.4 is 0 Å². The lowest BCUT2D eigenvalue weighted by atomic mass is 9.80. The SMILES string of the molecule is C=CC(=O)OCC(OC(=O)C=C)(OC(=O)C(=C)c1c(C(C)(C)OOC(C)(C)C)cccc1C(C)(C)OOC(C)(C)C)C(CO)(CO)CO. The molecule has 1 aromatic rings. The first kappa shape index (κ1) is 42.6. The minimum Gasteiger partial charge on any atom is -0.454 e. The second-order valence-corrected chi connectivity index (χ2v) is 14.1. The average molecular weight is 681 g/mol. The molecule has 13 nitrogen and oxygen atoms in total. The molecule has 3 N–H and O–H groups in total. The summed E-state index contributed by atoms with van der Waals surface area (Å²) < 4.78 is 16.3. The molecule has 1 aromatic carbocycles. The van der Waals surface area contributed by atoms with Crippen LogP contribution in [0.25, 0.3) is 5.57 Å². The van der Waals surface area contributed by atoms with Crippen LogP contribution in [0.4, 0.5) is 0 Å². The topological polar surface area (TPSA) is 177 Å². The van der Waals surface area contributed by atoms with Crippen LogP contribution in [0.1, 0.15) is 85.9 Å². The molecule has 1 atom stereocenters. The Morgan fingerprint density at radius 1 is 0.688 bits per heavy atom. The van der Waals surface area contributed by atoms with Gasteiger partial charge < -0.3 is 29.5 Å². The summed E-state index contributed by atoms with van der Waals surface area (Å²) in [5, 5.41) is 31.1. The van der Waals surface area contributed by atoms with E-state index in [1.54, 1.807) is 87.4 Å². The van der Waals surface area contributed by atoms with Crippen molar-refractivity contribution in [2.75, 3.05) is 26.4 Å². The molecule has 1 rings (SSSR count). The Morgan fingerprint density at radius 2 is 1.10 bits per heavy atom. The Hall–Kier alpha value is -3.43. The highest BCUT2D eigenvalue weighted by atomic mass is 17.2. The van der Waals surface area contributed by atoms with Gasteiger partial charge in [0.2, 0.25) is 0 Å². The molecular weight excluding hydrogens is 628 g/mol. The number of hydrogen-bond acceptors (Lipinski definition) is 13. The lowest BCUT2D eigenvalue weighted by molar-refractivity contribution is -0.403. The number of aliphatic hydroxyl groups is 3. The van der Waals surface area contributed by atoms with Crippen molar-refractivity contribution < 1.29 is 63.5 Å². The fraction of sp³-hybridized carbons (Fsp3) is 0.571. The predicted octanol–water partition coefficient (Wildman–Crippen LogP) is 4.32. The van der Waals surface area contributed by atoms with Crippen molar-refractivity contribution in [3.63, 3.8) is 0 Å². The van der Waals surface area contributed by atoms with Crippen molar-refractivity contribution in [1.82, 2.24) is 0 Å². The van der Waals surface area contributed by atoms with Crippen LogP contribution in [0, 0.1) is 5.41 Å². The first-order chi connectivity index (χ1) is 21.9. The van der Waals surface area contributed by atoms with E-state index in [9.17, 15) is 29.7 Å². The Balaban J connectivity index is 4.07. The van der Waals surface area contributed by atoms with Crippen molar-refractivity contribution in [1.29, 1.82) is 0 Å². The molecule has 0 bridgehead atoms. The number of carbonyl (C=O) groups excluding carboxylic acids is 3. The molecule has 1 unspecified atom stereocenters. The maximum absolute atomic E-state index is 14.2. The molecule has 270 valence electrons. The van der Waals surface area contributed by atoms with Crippen LogP contribution in [-0.2, 0) is 59.3 Å². The minimum absolute atomic E-state index is 0.155. The smallest absolute Gasteiger partial charge is 0.341 e. The summed E-state index contributed by atoms with van der Waals surface area (Å²) in [5.74, 6) is -6.32. The molecule has 0 aliphatic heterocycles. The van der Waals surface area contributed by atoms with Crippen LogP contribution in [0.3, 0.4) is 0 Å². The predicted molar refractivity (Wildman–Crippen MR) is 175 cm³/mol. The maximum atomic E-state index is 14.2. The number of rotatable bonds is 18. The second kappa shape index (κ2) is 16.3. The van der Waals surface area contributed by atoms with E-state index < -0.39 is 77.9 Å². The van der Waals surface area contributed by atoms with E-state index in [1.807, 2.05) is 0 Å². The summed E-state index contributed by atoms with van der Waals surface area (Å²) in [7, 11) is 0. The molecular formula is C35H52O13. The van der Waals surface area contributed by atoms with Gasteiger partial charge in [0.15, 0.2) is 6.61 Å². The highest BCUT2D eigenvalue weighted by Gasteiger charge is 2.59. The molecule has 0 saturated carbocycles. The fourth-order valence-electron chi connectivity index (χ4n) is 4.13. The number of benzene rings is 1. The van der Waals surface area contributed by atoms with Gasteiger partial charge >= 0.3 is 23.7 Å². The lowest BCUT2D eigenvalue weighted by Gasteiger charge is -2.44. The molecule has 0 aliphatic rings. The van der Waals surface area contributed by atoms with Gasteiger partial charge in [0.05, 0.1) is 36.6 Å². The molecule has 0 saturated heterocycles. The van der Waals surface area contributed by atoms with E-state index in [4.69, 9.17) is 33.8 Å². The standard InChI is InChI=1S/C35H52O13/c1-14-26(39)42-22-35(43-27(40)15-2,34(19-36,20-37)21-38)44-29(41)23(3)28-24(32(10,11)47-45-30(4,5)6)17-16-18-25(28)33(12,13)48-46-31(7,8)9/h14-18,36-38H,1-3,19-22H2,4-13H3. The van der Waals surface area contributed by atoms with Gasteiger partial charge in [-0.15, -0.1) is 0 Å². The lowest BCUT2D eigenvalue weighted by Crippen LogP contribution is -2.63. The third-order valence-electron chi connectivity index (χ3n) is 6.89. The van der Waals surface area contributed by atoms with Crippen molar-refractivity contribution >= 4 is 23.5 Å². The molecule has 0 amide bonds. The van der Waals surface area contributed by atoms with Gasteiger partial charge in [0, 0.05) is 17.7 Å². The van der Waals surface area contributed by atoms with Crippen LogP contribution >= 0.6 is 0 Å². The van der Waals surface area contributed by atoms with E-state index >= 15 is 0 Å². The summed E-state index contributed by atoms with van der Waals surface area (Å²) in [5.41, 5.74) is -5.68. The normalized spacial score (nSPS) is 14.0. The van der Waals surface area contributed by atoms with Gasteiger partial charge in [0.25, 0.3) is 0 Å². The van der Waals surface area contributed by atoms with Gasteiger partial charge in [-0.3, -0.25) is 0 Å². The largest absolute Gasteiger partial charge is 0.454 e. The quantitative estimate of drug-likeness (QED) is 0.0657. The van der Waals surface area contributed by atoms with Gasteiger partial charge in [-0.2, -0.15) is 0 Å². The monoisotopic (exact) mass is 680 g/mol. The van der Waals surface area contributed by atoms with Crippen molar-refractivity contribution in [3.8, 4) is 0 Å². The summed E-state index contributed by atoms with van der Waals surface area (Å²) in [6, 6.07) is 5.04. The van der Waals surface area contributed by atoms with E-state index in [1.165, 1.54) is 0 Å². The Morgan fingerprint density at radius 3 is 1.46 bits per heavy atom. The Kier molecular flexibility index (Phi) is 14.5. The van der Waals surface area contributed by atoms with Crippen LogP contribution in [-0.4, -0.2) is 76.6 Å². The summed E-state index contributed by atoms with van der Waals surface area (Å²) in [4.78, 5) is 62.0. The van der Waals surface area contributed by atoms with E-state index in [2.05, 4.69) is 19.7 Å². The summed E-state index contributed by atoms with van der Waals surface area (Å²) in [6.07, 6.45) is 1.49. The van der Waals surface area contributed by atoms with Crippen LogP contribution in [0.5, 0.6) is 0 Å². The highest BCUT2D eigenvalue weighted by Crippen LogP contribution is 2.43. The van der Waals surface area contributed by atoms with E-state index in [-0.39, 0.29) is 11.1 Å². The Bertz CT molecular complexity index is 1270. The minimum atomic E-state index is -2.81. The van der Waals surface area contributed by atoms with Crippen molar-refractivity contribution in [3.05, 3.63) is 66.8 Å². The molecule has 0 aromatic heterocycles. The zero-order valence-corrected chi connectivity index (χ0v) is 29.8. The molecule has 0 aliphatic carbocycles. The van der Waals surface area contributed by atoms with E-state index in [0.29, 0.717) is 17.2 Å². The first-order valence-electron chi connectivity index (χ1n) is 15.2. The number of aliphatic hydroxyl groups excluding tert-OH is 3. The fourth-order valence-corrected chi connectivity index (χ4v) is 4.13. The highest BCUT2D eigenvalue weighted by molar-refractivity contribution is 6.17. The number of carbonyl (C=O) groups is 3. The maximum Gasteiger partial charge on any atom is 0.341 e. The molecule has 48 heavy (non-hydrogen) atoms. The molecule has 13 heteroatoms. The van der Waals surface area contributed by atoms with Gasteiger partial charge in [-0.1, -0.05) is 37.9 Å². The molecule has 0 heterocycles. The first-order valence-corrected chi connectivity index (χ1v) is 15.2. The zero-order valence-electron chi connectivity index (χ0n) is 29.8. The third-order valence-corrected chi connectivity index (χ3v) is 6.89. The number of ether oxygens (including phenoxy) is 3. The number of hydrogen-bond donors (Lipinski definition) is 3. The Labute approximate surface area is 282 Å². The van der Waals surface area contributed by atoms with Gasteiger partial charge in [-0.05, 0) is 80.4 Å². The van der Waals surface area contributed by atoms with Crippen LogP contribution in [0.2, 0.25) is 0 Å². The van der Waals surface area contributed by atoms with Crippen LogP contribution in [0.15, 0.2) is 50.1 Å². The van der Waals surface area contributed by atoms with Gasteiger partial charge in [-0.25, -0.2) is 33.9 Å². The van der Waals surface area contributed by atoms with E-state index in [0.717, 1.165) is 6.08 Å². The summed E-state index contributed by atoms with van der Waals surface area (Å²) in [6.45, 7) is 23.8. The zero-order chi connectivity index (χ0) is 37.4. The van der Waals surface area contributed by atoms with Gasteiger partial charge in [0.1, 0.15) is 16.6 Å². The number of esters is 3.